The van der Waals surface area contributed by atoms with Crippen molar-refractivity contribution in [2.24, 2.45) is 5.41 Å². The van der Waals surface area contributed by atoms with Crippen LogP contribution in [0.1, 0.15) is 25.8 Å². The molecule has 2 N–H and O–H groups in total. The van der Waals surface area contributed by atoms with Crippen LogP contribution in [-0.4, -0.2) is 10.2 Å². The van der Waals surface area contributed by atoms with Gasteiger partial charge in [-0.1, -0.05) is 32.1 Å². The van der Waals surface area contributed by atoms with E-state index in [4.69, 9.17) is 10.2 Å². The lowest BCUT2D eigenvalue weighted by molar-refractivity contribution is 0.389. The Hall–Kier alpha value is -1.70. The molecule has 0 aromatic heterocycles. The zero-order valence-corrected chi connectivity index (χ0v) is 10.6. The highest BCUT2D eigenvalue weighted by atomic mass is 16.3. The number of phenols is 1. The van der Waals surface area contributed by atoms with Gasteiger partial charge in [-0.15, -0.1) is 0 Å². The molecule has 1 aliphatic carbocycles. The first-order chi connectivity index (χ1) is 7.89. The van der Waals surface area contributed by atoms with E-state index in [9.17, 15) is 0 Å². The molecular weight excluding hydrogens is 212 g/mol. The maximum absolute atomic E-state index is 9.02. The van der Waals surface area contributed by atoms with Crippen LogP contribution in [0.3, 0.4) is 0 Å². The maximum Gasteiger partial charge on any atom is 0.115 e. The van der Waals surface area contributed by atoms with E-state index in [1.54, 1.807) is 18.2 Å². The Morgan fingerprint density at radius 3 is 2.24 bits per heavy atom. The van der Waals surface area contributed by atoms with Crippen LogP contribution in [-0.2, 0) is 0 Å². The number of aliphatic hydroxyl groups excluding tert-OH is 1. The number of allylic oxidation sites excluding steroid dienone is 3. The van der Waals surface area contributed by atoms with Gasteiger partial charge in [0.2, 0.25) is 0 Å². The molecule has 0 amide bonds. The van der Waals surface area contributed by atoms with Crippen molar-refractivity contribution in [3.63, 3.8) is 0 Å². The molecule has 1 aromatic carbocycles. The number of aryl methyl sites for hydroxylation is 1. The molecule has 1 aliphatic rings. The number of benzene rings is 1. The maximum atomic E-state index is 9.02. The molecule has 0 saturated carbocycles. The van der Waals surface area contributed by atoms with Gasteiger partial charge < -0.3 is 10.2 Å². The standard InChI is InChI=1S/C8H12O.C7H8O/c1-8(2)5-3-4-7(9)6-8;1-6-3-2-4-7(8)5-6/h3-4,6,9H,5H2,1-2H3;2-5,8H,1H3. The molecule has 1 aromatic rings. The minimum absolute atomic E-state index is 0.152. The molecule has 2 rings (SSSR count). The van der Waals surface area contributed by atoms with E-state index in [0.29, 0.717) is 11.5 Å². The Bertz CT molecular complexity index is 411. The van der Waals surface area contributed by atoms with Crippen molar-refractivity contribution < 1.29 is 10.2 Å². The quantitative estimate of drug-likeness (QED) is 0.706. The van der Waals surface area contributed by atoms with Crippen molar-refractivity contribution >= 4 is 0 Å². The molecule has 0 spiro atoms. The highest BCUT2D eigenvalue weighted by Crippen LogP contribution is 2.27. The Kier molecular flexibility index (Phi) is 4.38. The number of aromatic hydroxyl groups is 1. The smallest absolute Gasteiger partial charge is 0.115 e. The Morgan fingerprint density at radius 1 is 1.18 bits per heavy atom. The minimum atomic E-state index is 0.152. The van der Waals surface area contributed by atoms with Crippen molar-refractivity contribution in [3.05, 3.63) is 53.8 Å². The first-order valence-corrected chi connectivity index (χ1v) is 5.73. The second-order valence-electron chi connectivity index (χ2n) is 5.00. The average molecular weight is 232 g/mol. The van der Waals surface area contributed by atoms with E-state index in [1.807, 2.05) is 31.2 Å². The second kappa shape index (κ2) is 5.58. The van der Waals surface area contributed by atoms with Gasteiger partial charge in [-0.2, -0.15) is 0 Å². The van der Waals surface area contributed by atoms with Gasteiger partial charge in [-0.25, -0.2) is 0 Å². The zero-order chi connectivity index (χ0) is 12.9. The van der Waals surface area contributed by atoms with Crippen LogP contribution in [0.25, 0.3) is 0 Å². The summed E-state index contributed by atoms with van der Waals surface area (Å²) in [6.07, 6.45) is 6.64. The third kappa shape index (κ3) is 5.25. The number of hydrogen-bond acceptors (Lipinski definition) is 2. The monoisotopic (exact) mass is 232 g/mol. The predicted octanol–water partition coefficient (Wildman–Crippen LogP) is 4.12. The Balaban J connectivity index is 0.000000171. The van der Waals surface area contributed by atoms with Gasteiger partial charge >= 0.3 is 0 Å². The lowest BCUT2D eigenvalue weighted by Crippen LogP contribution is -2.09. The highest BCUT2D eigenvalue weighted by Gasteiger charge is 2.15. The van der Waals surface area contributed by atoms with Gasteiger partial charge in [0.15, 0.2) is 0 Å². The molecule has 2 heteroatoms. The van der Waals surface area contributed by atoms with Crippen LogP contribution >= 0.6 is 0 Å². The fraction of sp³-hybridized carbons (Fsp3) is 0.333. The molecule has 0 bridgehead atoms. The summed E-state index contributed by atoms with van der Waals surface area (Å²) in [7, 11) is 0. The molecule has 0 radical (unpaired) electrons. The molecular formula is C15H20O2. The molecule has 0 aliphatic heterocycles. The highest BCUT2D eigenvalue weighted by molar-refractivity contribution is 5.25. The minimum Gasteiger partial charge on any atom is -0.508 e. The summed E-state index contributed by atoms with van der Waals surface area (Å²) in [6.45, 7) is 6.15. The van der Waals surface area contributed by atoms with E-state index >= 15 is 0 Å². The van der Waals surface area contributed by atoms with Gasteiger partial charge in [0.1, 0.15) is 11.5 Å². The van der Waals surface area contributed by atoms with Crippen molar-refractivity contribution in [2.45, 2.75) is 27.2 Å². The van der Waals surface area contributed by atoms with E-state index in [2.05, 4.69) is 13.8 Å². The normalized spacial score (nSPS) is 16.8. The number of aliphatic hydroxyl groups is 1. The first kappa shape index (κ1) is 13.4. The van der Waals surface area contributed by atoms with Crippen molar-refractivity contribution in [1.82, 2.24) is 0 Å². The second-order valence-corrected chi connectivity index (χ2v) is 5.00. The summed E-state index contributed by atoms with van der Waals surface area (Å²) in [5, 5.41) is 17.8. The van der Waals surface area contributed by atoms with Gasteiger partial charge in [0.05, 0.1) is 0 Å². The fourth-order valence-corrected chi connectivity index (χ4v) is 1.62. The summed E-state index contributed by atoms with van der Waals surface area (Å²) in [6, 6.07) is 7.15. The largest absolute Gasteiger partial charge is 0.508 e. The summed E-state index contributed by atoms with van der Waals surface area (Å²) in [5.41, 5.74) is 1.24. The number of rotatable bonds is 0. The van der Waals surface area contributed by atoms with Crippen LogP contribution in [0.5, 0.6) is 5.75 Å². The molecule has 0 unspecified atom stereocenters. The predicted molar refractivity (Wildman–Crippen MR) is 71.1 cm³/mol. The SMILES string of the molecule is CC1(C)C=C(O)C=CC1.Cc1cccc(O)c1. The molecule has 0 heterocycles. The molecule has 0 atom stereocenters. The zero-order valence-electron chi connectivity index (χ0n) is 10.6. The Labute approximate surface area is 103 Å². The molecule has 92 valence electrons. The van der Waals surface area contributed by atoms with Crippen LogP contribution in [0.15, 0.2) is 48.3 Å². The van der Waals surface area contributed by atoms with E-state index in [1.165, 1.54) is 0 Å². The van der Waals surface area contributed by atoms with Crippen LogP contribution in [0.4, 0.5) is 0 Å². The van der Waals surface area contributed by atoms with Gasteiger partial charge in [-0.3, -0.25) is 0 Å². The summed E-state index contributed by atoms with van der Waals surface area (Å²) in [4.78, 5) is 0. The molecule has 2 nitrogen and oxygen atoms in total. The third-order valence-electron chi connectivity index (χ3n) is 2.47. The van der Waals surface area contributed by atoms with Crippen LogP contribution in [0, 0.1) is 12.3 Å². The Morgan fingerprint density at radius 2 is 1.88 bits per heavy atom. The van der Waals surface area contributed by atoms with E-state index < -0.39 is 0 Å². The molecule has 0 fully saturated rings. The van der Waals surface area contributed by atoms with Crippen LogP contribution in [0.2, 0.25) is 0 Å². The first-order valence-electron chi connectivity index (χ1n) is 5.73. The van der Waals surface area contributed by atoms with Crippen molar-refractivity contribution in [2.75, 3.05) is 0 Å². The summed E-state index contributed by atoms with van der Waals surface area (Å²) in [5.74, 6) is 0.733. The van der Waals surface area contributed by atoms with E-state index in [-0.39, 0.29) is 5.41 Å². The van der Waals surface area contributed by atoms with Crippen molar-refractivity contribution in [1.29, 1.82) is 0 Å². The lowest BCUT2D eigenvalue weighted by Gasteiger charge is -2.20. The molecule has 17 heavy (non-hydrogen) atoms. The van der Waals surface area contributed by atoms with Gasteiger partial charge in [0.25, 0.3) is 0 Å². The van der Waals surface area contributed by atoms with Crippen molar-refractivity contribution in [3.8, 4) is 5.75 Å². The summed E-state index contributed by atoms with van der Waals surface area (Å²) >= 11 is 0. The lowest BCUT2D eigenvalue weighted by atomic mass is 9.86. The molecule has 0 saturated heterocycles. The summed E-state index contributed by atoms with van der Waals surface area (Å²) < 4.78 is 0. The van der Waals surface area contributed by atoms with E-state index in [0.717, 1.165) is 12.0 Å². The fourth-order valence-electron chi connectivity index (χ4n) is 1.62. The third-order valence-corrected chi connectivity index (χ3v) is 2.47. The number of phenolic OH excluding ortho intramolecular Hbond substituents is 1. The van der Waals surface area contributed by atoms with Gasteiger partial charge in [-0.05, 0) is 48.6 Å². The van der Waals surface area contributed by atoms with Crippen LogP contribution < -0.4 is 0 Å². The topological polar surface area (TPSA) is 40.5 Å². The van der Waals surface area contributed by atoms with Gasteiger partial charge in [0, 0.05) is 0 Å². The number of hydrogen-bond donors (Lipinski definition) is 2. The average Bonchev–Trinajstić information content (AvgIpc) is 2.15.